The van der Waals surface area contributed by atoms with Crippen LogP contribution in [-0.2, 0) is 97.6 Å². The topological polar surface area (TPSA) is 532 Å². The number of tetrazole rings is 1. The van der Waals surface area contributed by atoms with Crippen LogP contribution in [0.3, 0.4) is 0 Å². The summed E-state index contributed by atoms with van der Waals surface area (Å²) >= 11 is 0. The van der Waals surface area contributed by atoms with Gasteiger partial charge in [0.2, 0.25) is 15.9 Å². The number of allylic oxidation sites excluding steroid dienone is 1. The number of aliphatic carboxylic acids is 1. The quantitative estimate of drug-likeness (QED) is 0.0423. The van der Waals surface area contributed by atoms with Gasteiger partial charge in [0.15, 0.2) is 33.5 Å². The van der Waals surface area contributed by atoms with Gasteiger partial charge in [-0.3, -0.25) is 69.9 Å². The Balaban J connectivity index is 0.000000108. The fraction of sp³-hybridized carbons (Fsp3) is 0.188. The molecular formula is C96H69F8N19O17S. The summed E-state index contributed by atoms with van der Waals surface area (Å²) in [6.45, 7) is 7.03. The number of carbonyl (C=O) groups excluding carboxylic acids is 13. The second-order valence-electron chi connectivity index (χ2n) is 35.4. The number of carbonyl (C=O) groups is 14. The number of imide groups is 5. The molecule has 6 aliphatic heterocycles. The Hall–Kier alpha value is -17.6. The number of halogens is 8. The van der Waals surface area contributed by atoms with Gasteiger partial charge in [-0.2, -0.15) is 4.80 Å². The molecule has 1 aromatic heterocycles. The molecular weight excluding hydrogens is 1880 g/mol. The lowest BCUT2D eigenvalue weighted by molar-refractivity contribution is -0.140. The highest BCUT2D eigenvalue weighted by atomic mass is 32.2. The van der Waals surface area contributed by atoms with Gasteiger partial charge in [0.25, 0.3) is 41.4 Å². The predicted molar refractivity (Wildman–Crippen MR) is 475 cm³/mol. The summed E-state index contributed by atoms with van der Waals surface area (Å²) in [5.74, 6) is -10.2. The number of fused-ring (bicyclic) bond motifs is 25. The fourth-order valence-corrected chi connectivity index (χ4v) is 21.7. The molecule has 2 saturated carbocycles. The Morgan fingerprint density at radius 3 is 1.07 bits per heavy atom. The Bertz CT molecular complexity index is 7920. The summed E-state index contributed by atoms with van der Waals surface area (Å²) in [5.41, 5.74) is 6.35. The third-order valence-corrected chi connectivity index (χ3v) is 28.1. The minimum atomic E-state index is -3.80. The van der Waals surface area contributed by atoms with Crippen LogP contribution in [0, 0.1) is 60.4 Å². The van der Waals surface area contributed by atoms with Crippen molar-refractivity contribution in [3.05, 3.63) is 311 Å². The lowest BCUT2D eigenvalue weighted by Crippen LogP contribution is -2.44. The smallest absolute Gasteiger partial charge is 0.329 e. The number of aromatic nitrogens is 4. The van der Waals surface area contributed by atoms with Crippen LogP contribution in [0.1, 0.15) is 136 Å². The van der Waals surface area contributed by atoms with Crippen LogP contribution in [-0.4, -0.2) is 140 Å². The number of urea groups is 5. The number of carboxylic acids is 1. The SMILES string of the molecule is C=C(N)Cc1cc(F)cc2c1-c1ccc(F)cc1C21NC(=O)NC1=O.Cc1cc(C(=O)NC2(C(=O)O)CC2)c2c(c1)C1(NC(=O)NC1=O)c1cc(F)ccc1-2.Cc1cc(C(=O)NS(=O)(=O)C2CC2)c2c(c1)C1(NC(=O)NC1=O)c1cc(F)ccc1-2.Cn1nnc(Cc2cc(F)cc3c2-c2ccc(F)cc2C32NC(=O)NC2=O)n1.O=C1CN=C(Cc2cc(F)cc3c2-c2ccc(F)cc2C32NC(=O)NC2=O)N1. The van der Waals surface area contributed by atoms with Gasteiger partial charge in [0.1, 0.15) is 64.5 Å². The number of sulfonamides is 1. The highest BCUT2D eigenvalue weighted by Gasteiger charge is 2.63. The van der Waals surface area contributed by atoms with E-state index in [2.05, 4.69) is 95.5 Å². The van der Waals surface area contributed by atoms with Gasteiger partial charge in [-0.1, -0.05) is 49.0 Å². The summed E-state index contributed by atoms with van der Waals surface area (Å²) in [4.78, 5) is 178. The first kappa shape index (κ1) is 91.2. The first-order valence-corrected chi connectivity index (χ1v) is 44.6. The van der Waals surface area contributed by atoms with E-state index in [1.165, 1.54) is 114 Å². The molecule has 141 heavy (non-hydrogen) atoms. The van der Waals surface area contributed by atoms with E-state index in [0.717, 1.165) is 24.3 Å². The molecule has 18 amide bonds. The van der Waals surface area contributed by atoms with Crippen molar-refractivity contribution in [3.63, 3.8) is 0 Å². The average Bonchev–Trinajstić information content (AvgIpc) is 1.56. The number of hydrogen-bond donors (Lipinski definition) is 15. The molecule has 712 valence electrons. The molecule has 5 spiro atoms. The zero-order valence-corrected chi connectivity index (χ0v) is 73.9. The molecule has 5 saturated heterocycles. The van der Waals surface area contributed by atoms with Crippen molar-refractivity contribution in [1.29, 1.82) is 0 Å². The predicted octanol–water partition coefficient (Wildman–Crippen LogP) is 7.25. The molecule has 0 bridgehead atoms. The molecule has 0 radical (unpaired) electrons. The molecule has 13 aliphatic rings. The van der Waals surface area contributed by atoms with E-state index in [1.54, 1.807) is 39.1 Å². The number of aryl methyl sites for hydroxylation is 3. The Kier molecular flexibility index (Phi) is 20.9. The lowest BCUT2D eigenvalue weighted by Gasteiger charge is -2.24. The third kappa shape index (κ3) is 14.5. The van der Waals surface area contributed by atoms with Crippen LogP contribution >= 0.6 is 0 Å². The largest absolute Gasteiger partial charge is 0.480 e. The number of hydrogen-bond acceptors (Lipinski definition) is 21. The fourth-order valence-electron chi connectivity index (χ4n) is 20.4. The second kappa shape index (κ2) is 32.3. The van der Waals surface area contributed by atoms with E-state index in [1.807, 2.05) is 0 Å². The lowest BCUT2D eigenvalue weighted by atomic mass is 9.86. The number of nitrogens with two attached hydrogens (primary N) is 1. The summed E-state index contributed by atoms with van der Waals surface area (Å²) < 4.78 is 140. The number of carboxylic acid groups (broad SMARTS) is 1. The standard InChI is InChI=1S/C21H16FN3O5.C20H16FN3O5S.C19H12F2N4O3.C18H12F2N6O2.C18H13F2N3O2/c1-9-6-12(16(26)24-20(4-5-20)18(28)29)15-11-3-2-10(22)8-13(11)21(14(15)7-9)17(27)23-19(30)25-21;1-9-6-13(17(25)24-30(28,29)11-3-4-11)16-12-5-2-10(21)8-14(12)20(15(16)7-9)18(26)22-19(27)23-20;20-9-1-2-11-12(5-9)19(17(27)24-18(28)25-19)13-6-10(21)3-8(16(11)13)4-14-22-7-15(26)23-14;1-26-24-14(23-25-26)5-8-4-10(20)7-13-15(8)11-3-2-9(19)6-12(11)18(13)16(27)21-17(28)22-18;1-8(21)4-9-5-11(20)7-14-15(9)12-3-2-10(19)6-13(12)18(14)16(24)22-17(25)23-18/h2-3,6-8H,4-5H2,1H3,(H,24,26)(H,28,29)(H2,23,25,27,30);2,5-8,11H,3-4H2,1H3,(H,24,25)(H2,22,23,26,27);1-3,5-6H,4,7H2,(H,22,23,26)(H2,24,25,27,28);2-4,6-7H,5H2,1H3,(H2,21,22,27,28);2-3,5-7H,1,4,21H2,(H2,22,23,24,25). The van der Waals surface area contributed by atoms with E-state index in [0.29, 0.717) is 132 Å². The zero-order chi connectivity index (χ0) is 100. The van der Waals surface area contributed by atoms with Crippen molar-refractivity contribution in [3.8, 4) is 55.6 Å². The minimum absolute atomic E-state index is 0.00294. The van der Waals surface area contributed by atoms with Crippen molar-refractivity contribution in [2.75, 3.05) is 6.54 Å². The van der Waals surface area contributed by atoms with Crippen molar-refractivity contribution in [2.24, 2.45) is 17.8 Å². The number of aliphatic imine (C=N–C) groups is 1. The molecule has 36 nitrogen and oxygen atoms in total. The molecule has 7 aliphatic carbocycles. The van der Waals surface area contributed by atoms with E-state index in [4.69, 9.17) is 5.73 Å². The molecule has 11 aromatic rings. The van der Waals surface area contributed by atoms with Crippen LogP contribution < -0.4 is 74.3 Å². The number of amides is 18. The molecule has 45 heteroatoms. The van der Waals surface area contributed by atoms with Crippen LogP contribution in [0.15, 0.2) is 169 Å². The molecule has 7 fully saturated rings. The Labute approximate surface area is 788 Å². The van der Waals surface area contributed by atoms with Crippen LogP contribution in [0.2, 0.25) is 0 Å². The second-order valence-corrected chi connectivity index (χ2v) is 37.3. The van der Waals surface area contributed by atoms with Crippen molar-refractivity contribution >= 4 is 99.2 Å². The number of rotatable bonds is 12. The number of nitrogens with one attached hydrogen (secondary N) is 13. The van der Waals surface area contributed by atoms with Gasteiger partial charge in [0, 0.05) is 103 Å². The van der Waals surface area contributed by atoms with E-state index in [9.17, 15) is 116 Å². The van der Waals surface area contributed by atoms with E-state index < -0.39 is 173 Å². The first-order valence-electron chi connectivity index (χ1n) is 43.0. The number of benzene rings is 10. The molecule has 16 N–H and O–H groups in total. The summed E-state index contributed by atoms with van der Waals surface area (Å²) in [5, 5.41) is 49.5. The number of amidine groups is 1. The van der Waals surface area contributed by atoms with Gasteiger partial charge in [-0.05, 0) is 226 Å². The maximum Gasteiger partial charge on any atom is 0.329 e. The van der Waals surface area contributed by atoms with Gasteiger partial charge >= 0.3 is 36.1 Å². The van der Waals surface area contributed by atoms with Crippen LogP contribution in [0.25, 0.3) is 55.6 Å². The Morgan fingerprint density at radius 2 is 0.766 bits per heavy atom. The molecule has 5 atom stereocenters. The molecule has 10 aromatic carbocycles. The molecule has 7 heterocycles. The van der Waals surface area contributed by atoms with Crippen molar-refractivity contribution in [2.45, 2.75) is 97.3 Å². The number of nitrogens with zero attached hydrogens (tertiary/aromatic N) is 5. The maximum atomic E-state index is 14.5. The van der Waals surface area contributed by atoms with Crippen LogP contribution in [0.4, 0.5) is 59.1 Å². The van der Waals surface area contributed by atoms with Crippen molar-refractivity contribution < 1.29 is 116 Å². The van der Waals surface area contributed by atoms with Gasteiger partial charge in [0.05, 0.1) is 12.3 Å². The molecule has 5 unspecified atom stereocenters. The third-order valence-electron chi connectivity index (χ3n) is 26.3. The monoisotopic (exact) mass is 1940 g/mol. The zero-order valence-electron chi connectivity index (χ0n) is 73.1. The highest BCUT2D eigenvalue weighted by Crippen LogP contribution is 2.58. The van der Waals surface area contributed by atoms with Crippen molar-refractivity contribution in [1.82, 2.24) is 88.7 Å². The maximum absolute atomic E-state index is 14.5. The normalized spacial score (nSPS) is 21.2. The first-order chi connectivity index (χ1) is 66.9. The van der Waals surface area contributed by atoms with Gasteiger partial charge in [-0.15, -0.1) is 10.2 Å². The summed E-state index contributed by atoms with van der Waals surface area (Å²) in [7, 11) is -2.20. The molecule has 24 rings (SSSR count). The van der Waals surface area contributed by atoms with E-state index in [-0.39, 0.29) is 92.9 Å². The average molecular weight is 1940 g/mol. The Morgan fingerprint density at radius 1 is 0.440 bits per heavy atom. The van der Waals surface area contributed by atoms with E-state index >= 15 is 0 Å². The summed E-state index contributed by atoms with van der Waals surface area (Å²) in [6.07, 6.45) is 2.09. The summed E-state index contributed by atoms with van der Waals surface area (Å²) in [6, 6.07) is 29.5. The minimum Gasteiger partial charge on any atom is -0.480 e. The van der Waals surface area contributed by atoms with Gasteiger partial charge in [-0.25, -0.2) is 77.0 Å². The van der Waals surface area contributed by atoms with Gasteiger partial charge < -0.3 is 48.1 Å². The highest BCUT2D eigenvalue weighted by molar-refractivity contribution is 7.91. The van der Waals surface area contributed by atoms with Crippen LogP contribution in [0.5, 0.6) is 0 Å².